The number of esters is 1. The Balaban J connectivity index is 1.37. The molecule has 2 amide bonds. The maximum absolute atomic E-state index is 13.9. The number of carbonyl (C=O) groups excluding carboxylic acids is 2. The van der Waals surface area contributed by atoms with Crippen molar-refractivity contribution in [3.8, 4) is 17.2 Å². The fraction of sp³-hybridized carbons (Fsp3) is 0.258. The molecule has 1 heterocycles. The van der Waals surface area contributed by atoms with Gasteiger partial charge in [-0.2, -0.15) is 5.10 Å². The van der Waals surface area contributed by atoms with E-state index >= 15 is 0 Å². The molecule has 11 nitrogen and oxygen atoms in total. The lowest BCUT2D eigenvalue weighted by Gasteiger charge is -2.28. The van der Waals surface area contributed by atoms with E-state index in [1.807, 2.05) is 0 Å². The number of rotatable bonds is 13. The molecule has 1 aliphatic rings. The molecular formula is C31H31Cl2FN4O7. The summed E-state index contributed by atoms with van der Waals surface area (Å²) in [7, 11) is 1.26. The van der Waals surface area contributed by atoms with Crippen LogP contribution >= 0.6 is 23.2 Å². The van der Waals surface area contributed by atoms with E-state index in [0.717, 1.165) is 0 Å². The van der Waals surface area contributed by atoms with Gasteiger partial charge < -0.3 is 34.7 Å². The van der Waals surface area contributed by atoms with Crippen LogP contribution in [0.25, 0.3) is 0 Å². The third kappa shape index (κ3) is 8.56. The first-order chi connectivity index (χ1) is 21.6. The quantitative estimate of drug-likeness (QED) is 0.0846. The van der Waals surface area contributed by atoms with E-state index in [9.17, 15) is 19.1 Å². The highest BCUT2D eigenvalue weighted by molar-refractivity contribution is 6.37. The molecule has 0 fully saturated rings. The van der Waals surface area contributed by atoms with Gasteiger partial charge in [0, 0.05) is 11.3 Å². The summed E-state index contributed by atoms with van der Waals surface area (Å²) in [5, 5.41) is 20.1. The standard InChI is InChI=1S/C31H31Cl2FN4O7/c1-4-43-25-13-19(28-27(30(40)42-3)17(2)36-31(41)37-28)9-10-24(25)44-16-26(39)38-35-14-18-11-21(32)29(22(33)12-18)45-15-20-7-5-6-8-23(20)34/h5-14,26,28,38-39H,4,15-16H2,1-3H3,(H2,36,37,41)/b35-14-/t26-,28-/m0/s1. The van der Waals surface area contributed by atoms with Gasteiger partial charge in [0.05, 0.1) is 41.6 Å². The molecule has 238 valence electrons. The second-order valence-corrected chi connectivity index (χ2v) is 10.4. The maximum Gasteiger partial charge on any atom is 0.337 e. The molecule has 45 heavy (non-hydrogen) atoms. The van der Waals surface area contributed by atoms with Crippen molar-refractivity contribution in [3.05, 3.63) is 98.4 Å². The second-order valence-electron chi connectivity index (χ2n) is 9.61. The van der Waals surface area contributed by atoms with Crippen LogP contribution in [0.3, 0.4) is 0 Å². The van der Waals surface area contributed by atoms with Crippen LogP contribution < -0.4 is 30.3 Å². The Morgan fingerprint density at radius 2 is 1.84 bits per heavy atom. The number of ether oxygens (including phenoxy) is 4. The van der Waals surface area contributed by atoms with Crippen molar-refractivity contribution in [2.75, 3.05) is 20.3 Å². The first-order valence-corrected chi connectivity index (χ1v) is 14.4. The highest BCUT2D eigenvalue weighted by Crippen LogP contribution is 2.36. The molecule has 0 aliphatic carbocycles. The van der Waals surface area contributed by atoms with Crippen molar-refractivity contribution < 1.29 is 38.0 Å². The van der Waals surface area contributed by atoms with Crippen molar-refractivity contribution in [1.29, 1.82) is 0 Å². The number of benzene rings is 3. The minimum atomic E-state index is -1.22. The highest BCUT2D eigenvalue weighted by atomic mass is 35.5. The average Bonchev–Trinajstić information content (AvgIpc) is 3.00. The van der Waals surface area contributed by atoms with Gasteiger partial charge >= 0.3 is 12.0 Å². The highest BCUT2D eigenvalue weighted by Gasteiger charge is 2.32. The van der Waals surface area contributed by atoms with Gasteiger partial charge in [-0.3, -0.25) is 5.43 Å². The molecule has 0 saturated carbocycles. The molecule has 2 atom stereocenters. The molecule has 14 heteroatoms. The number of hydrogen-bond donors (Lipinski definition) is 4. The Morgan fingerprint density at radius 3 is 2.53 bits per heavy atom. The number of halogens is 3. The summed E-state index contributed by atoms with van der Waals surface area (Å²) in [5.74, 6) is -0.141. The molecule has 1 aliphatic heterocycles. The maximum atomic E-state index is 13.9. The van der Waals surface area contributed by atoms with E-state index in [4.69, 9.17) is 42.1 Å². The van der Waals surface area contributed by atoms with Gasteiger partial charge in [0.1, 0.15) is 19.0 Å². The lowest BCUT2D eigenvalue weighted by Crippen LogP contribution is -2.45. The van der Waals surface area contributed by atoms with Gasteiger partial charge in [-0.15, -0.1) is 0 Å². The number of methoxy groups -OCH3 is 1. The van der Waals surface area contributed by atoms with Gasteiger partial charge in [0.15, 0.2) is 23.5 Å². The number of hydrazone groups is 1. The predicted molar refractivity (Wildman–Crippen MR) is 166 cm³/mol. The lowest BCUT2D eigenvalue weighted by atomic mass is 9.95. The van der Waals surface area contributed by atoms with Crippen LogP contribution in [-0.2, 0) is 16.1 Å². The number of hydrogen-bond acceptors (Lipinski definition) is 9. The van der Waals surface area contributed by atoms with Crippen LogP contribution in [0.2, 0.25) is 10.0 Å². The van der Waals surface area contributed by atoms with Crippen LogP contribution in [0.5, 0.6) is 17.2 Å². The van der Waals surface area contributed by atoms with E-state index in [1.165, 1.54) is 19.4 Å². The van der Waals surface area contributed by atoms with Crippen molar-refractivity contribution >= 4 is 41.4 Å². The summed E-state index contributed by atoms with van der Waals surface area (Å²) >= 11 is 12.7. The molecule has 3 aromatic rings. The zero-order valence-corrected chi connectivity index (χ0v) is 26.0. The number of urea groups is 1. The van der Waals surface area contributed by atoms with Crippen molar-refractivity contribution in [1.82, 2.24) is 16.1 Å². The van der Waals surface area contributed by atoms with E-state index in [-0.39, 0.29) is 34.6 Å². The topological polar surface area (TPSA) is 140 Å². The number of allylic oxidation sites excluding steroid dienone is 1. The first kappa shape index (κ1) is 33.4. The molecule has 0 saturated heterocycles. The number of aliphatic hydroxyl groups excluding tert-OH is 1. The van der Waals surface area contributed by atoms with Crippen LogP contribution in [0.1, 0.15) is 36.6 Å². The van der Waals surface area contributed by atoms with Crippen LogP contribution in [-0.4, -0.2) is 49.9 Å². The molecule has 0 bridgehead atoms. The third-order valence-corrected chi connectivity index (χ3v) is 7.02. The number of nitrogens with one attached hydrogen (secondary N) is 3. The van der Waals surface area contributed by atoms with E-state index in [0.29, 0.717) is 40.5 Å². The Morgan fingerprint density at radius 1 is 1.11 bits per heavy atom. The van der Waals surface area contributed by atoms with Crippen molar-refractivity contribution in [2.24, 2.45) is 5.10 Å². The van der Waals surface area contributed by atoms with E-state index in [1.54, 1.807) is 62.4 Å². The van der Waals surface area contributed by atoms with E-state index < -0.39 is 30.1 Å². The SMILES string of the molecule is CCOc1cc([C@@H]2NC(=O)NC(C)=C2C(=O)OC)ccc1OC[C@H](O)N/N=C\c1cc(Cl)c(OCc2ccccc2F)c(Cl)c1. The van der Waals surface area contributed by atoms with Gasteiger partial charge in [-0.25, -0.2) is 14.0 Å². The number of carbonyl (C=O) groups is 2. The third-order valence-electron chi connectivity index (χ3n) is 6.46. The van der Waals surface area contributed by atoms with Crippen LogP contribution in [0.15, 0.2) is 71.0 Å². The van der Waals surface area contributed by atoms with Gasteiger partial charge in [-0.1, -0.05) is 47.5 Å². The summed E-state index contributed by atoms with van der Waals surface area (Å²) in [5.41, 5.74) is 4.59. The zero-order valence-electron chi connectivity index (χ0n) is 24.5. The monoisotopic (exact) mass is 660 g/mol. The zero-order chi connectivity index (χ0) is 32.5. The number of amides is 2. The molecule has 0 radical (unpaired) electrons. The predicted octanol–water partition coefficient (Wildman–Crippen LogP) is 5.23. The Kier molecular flexibility index (Phi) is 11.5. The van der Waals surface area contributed by atoms with E-state index in [2.05, 4.69) is 21.2 Å². The smallest absolute Gasteiger partial charge is 0.337 e. The fourth-order valence-corrected chi connectivity index (χ4v) is 4.99. The lowest BCUT2D eigenvalue weighted by molar-refractivity contribution is -0.136. The van der Waals surface area contributed by atoms with Crippen molar-refractivity contribution in [3.63, 3.8) is 0 Å². The normalized spacial score (nSPS) is 15.3. The summed E-state index contributed by atoms with van der Waals surface area (Å²) in [4.78, 5) is 24.6. The summed E-state index contributed by atoms with van der Waals surface area (Å²) in [6.07, 6.45) is 0.175. The molecule has 0 unspecified atom stereocenters. The molecule has 4 N–H and O–H groups in total. The number of aliphatic hydroxyl groups is 1. The largest absolute Gasteiger partial charge is 0.490 e. The fourth-order valence-electron chi connectivity index (χ4n) is 4.38. The number of nitrogens with zero attached hydrogens (tertiary/aromatic N) is 1. The molecule has 0 spiro atoms. The molecular weight excluding hydrogens is 630 g/mol. The first-order valence-electron chi connectivity index (χ1n) is 13.7. The summed E-state index contributed by atoms with van der Waals surface area (Å²) in [6.45, 7) is 3.44. The minimum absolute atomic E-state index is 0.0547. The Hall–Kier alpha value is -4.52. The second kappa shape index (κ2) is 15.5. The van der Waals surface area contributed by atoms with Crippen molar-refractivity contribution in [2.45, 2.75) is 32.7 Å². The average molecular weight is 662 g/mol. The summed E-state index contributed by atoms with van der Waals surface area (Å²) < 4.78 is 35.9. The summed E-state index contributed by atoms with van der Waals surface area (Å²) in [6, 6.07) is 13.0. The molecule has 4 rings (SSSR count). The molecule has 0 aromatic heterocycles. The van der Waals surface area contributed by atoms with Crippen LogP contribution in [0.4, 0.5) is 9.18 Å². The molecule has 3 aromatic carbocycles. The minimum Gasteiger partial charge on any atom is -0.490 e. The van der Waals surface area contributed by atoms with Gasteiger partial charge in [0.25, 0.3) is 0 Å². The Bertz CT molecular complexity index is 1600. The van der Waals surface area contributed by atoms with Gasteiger partial charge in [-0.05, 0) is 55.3 Å². The van der Waals surface area contributed by atoms with Gasteiger partial charge in [0.2, 0.25) is 0 Å². The van der Waals surface area contributed by atoms with Crippen LogP contribution in [0, 0.1) is 5.82 Å². The Labute approximate surface area is 268 Å².